The Morgan fingerprint density at radius 1 is 1.67 bits per heavy atom. The number of carbonyl (C=O) groups is 1. The highest BCUT2D eigenvalue weighted by Crippen LogP contribution is 2.17. The van der Waals surface area contributed by atoms with E-state index in [1.165, 1.54) is 12.3 Å². The molecule has 0 aliphatic carbocycles. The molecule has 1 aliphatic heterocycles. The predicted molar refractivity (Wildman–Crippen MR) is 51.0 cm³/mol. The molecule has 1 amide bonds. The lowest BCUT2D eigenvalue weighted by molar-refractivity contribution is -0.125. The van der Waals surface area contributed by atoms with Gasteiger partial charge in [0.15, 0.2) is 11.9 Å². The van der Waals surface area contributed by atoms with Crippen LogP contribution in [0.4, 0.5) is 4.39 Å². The fourth-order valence-corrected chi connectivity index (χ4v) is 1.43. The lowest BCUT2D eigenvalue weighted by Crippen LogP contribution is -2.28. The highest BCUT2D eigenvalue weighted by molar-refractivity contribution is 5.83. The third kappa shape index (κ3) is 2.06. The third-order valence-electron chi connectivity index (χ3n) is 2.20. The highest BCUT2D eigenvalue weighted by Gasteiger charge is 2.27. The summed E-state index contributed by atoms with van der Waals surface area (Å²) in [5, 5.41) is 2.61. The van der Waals surface area contributed by atoms with Crippen molar-refractivity contribution in [2.45, 2.75) is 19.4 Å². The molecule has 0 spiro atoms. The molecular weight excluding hydrogens is 199 g/mol. The minimum atomic E-state index is -0.616. The molecular formula is C10H11FN2O2. The van der Waals surface area contributed by atoms with E-state index in [2.05, 4.69) is 10.3 Å². The lowest BCUT2D eigenvalue weighted by atomic mass is 10.3. The molecule has 1 unspecified atom stereocenters. The van der Waals surface area contributed by atoms with Crippen LogP contribution < -0.4 is 10.1 Å². The topological polar surface area (TPSA) is 51.2 Å². The average Bonchev–Trinajstić information content (AvgIpc) is 2.57. The van der Waals surface area contributed by atoms with Crippen molar-refractivity contribution in [3.8, 4) is 5.88 Å². The lowest BCUT2D eigenvalue weighted by Gasteiger charge is -2.10. The maximum Gasteiger partial charge on any atom is 0.261 e. The fraction of sp³-hybridized carbons (Fsp3) is 0.400. The number of nitrogens with one attached hydrogen (secondary N) is 1. The number of halogens is 1. The first-order chi connectivity index (χ1) is 7.16. The van der Waals surface area contributed by atoms with Crippen LogP contribution in [0, 0.1) is 12.7 Å². The Morgan fingerprint density at radius 3 is 3.07 bits per heavy atom. The zero-order chi connectivity index (χ0) is 10.8. The van der Waals surface area contributed by atoms with Crippen LogP contribution in [0.3, 0.4) is 0 Å². The van der Waals surface area contributed by atoms with E-state index in [1.807, 2.05) is 0 Å². The molecule has 0 radical (unpaired) electrons. The molecule has 0 bridgehead atoms. The summed E-state index contributed by atoms with van der Waals surface area (Å²) in [4.78, 5) is 15.0. The number of pyridine rings is 1. The molecule has 1 saturated heterocycles. The van der Waals surface area contributed by atoms with Crippen molar-refractivity contribution in [1.82, 2.24) is 10.3 Å². The number of aryl methyl sites for hydroxylation is 1. The average molecular weight is 210 g/mol. The fourth-order valence-electron chi connectivity index (χ4n) is 1.43. The molecule has 0 aromatic carbocycles. The van der Waals surface area contributed by atoms with Crippen molar-refractivity contribution in [3.05, 3.63) is 23.6 Å². The molecule has 1 aliphatic rings. The van der Waals surface area contributed by atoms with Crippen LogP contribution in [0.5, 0.6) is 5.88 Å². The van der Waals surface area contributed by atoms with Crippen molar-refractivity contribution in [1.29, 1.82) is 0 Å². The van der Waals surface area contributed by atoms with Gasteiger partial charge in [-0.2, -0.15) is 0 Å². The second kappa shape index (κ2) is 3.84. The van der Waals surface area contributed by atoms with Crippen LogP contribution in [0.25, 0.3) is 0 Å². The SMILES string of the molecule is Cc1cnc(OC2CCNC2=O)c(F)c1. The van der Waals surface area contributed by atoms with Gasteiger partial charge in [0.2, 0.25) is 0 Å². The first-order valence-electron chi connectivity index (χ1n) is 4.73. The van der Waals surface area contributed by atoms with Gasteiger partial charge in [-0.05, 0) is 18.6 Å². The third-order valence-corrected chi connectivity index (χ3v) is 2.20. The van der Waals surface area contributed by atoms with Gasteiger partial charge in [-0.1, -0.05) is 0 Å². The first-order valence-corrected chi connectivity index (χ1v) is 4.73. The number of rotatable bonds is 2. The van der Waals surface area contributed by atoms with Gasteiger partial charge >= 0.3 is 0 Å². The number of hydrogen-bond acceptors (Lipinski definition) is 3. The van der Waals surface area contributed by atoms with E-state index in [4.69, 9.17) is 4.74 Å². The molecule has 1 N–H and O–H groups in total. The molecule has 1 aromatic heterocycles. The van der Waals surface area contributed by atoms with Crippen LogP contribution >= 0.6 is 0 Å². The van der Waals surface area contributed by atoms with E-state index >= 15 is 0 Å². The van der Waals surface area contributed by atoms with Gasteiger partial charge in [0.1, 0.15) is 0 Å². The minimum Gasteiger partial charge on any atom is -0.462 e. The Kier molecular flexibility index (Phi) is 2.53. The van der Waals surface area contributed by atoms with E-state index in [0.29, 0.717) is 13.0 Å². The second-order valence-electron chi connectivity index (χ2n) is 3.49. The normalized spacial score (nSPS) is 20.1. The van der Waals surface area contributed by atoms with Crippen LogP contribution in [0.15, 0.2) is 12.3 Å². The van der Waals surface area contributed by atoms with Gasteiger partial charge in [0, 0.05) is 19.2 Å². The van der Waals surface area contributed by atoms with Crippen LogP contribution in [-0.4, -0.2) is 23.5 Å². The van der Waals surface area contributed by atoms with Crippen molar-refractivity contribution >= 4 is 5.91 Å². The predicted octanol–water partition coefficient (Wildman–Crippen LogP) is 0.796. The van der Waals surface area contributed by atoms with E-state index in [9.17, 15) is 9.18 Å². The summed E-state index contributed by atoms with van der Waals surface area (Å²) in [7, 11) is 0. The molecule has 80 valence electrons. The zero-order valence-corrected chi connectivity index (χ0v) is 8.29. The number of amides is 1. The van der Waals surface area contributed by atoms with Crippen molar-refractivity contribution in [2.75, 3.05) is 6.54 Å². The monoisotopic (exact) mass is 210 g/mol. The zero-order valence-electron chi connectivity index (χ0n) is 8.29. The number of ether oxygens (including phenoxy) is 1. The molecule has 2 heterocycles. The molecule has 1 aromatic rings. The molecule has 2 rings (SSSR count). The van der Waals surface area contributed by atoms with Gasteiger partial charge in [0.05, 0.1) is 0 Å². The molecule has 0 saturated carbocycles. The Balaban J connectivity index is 2.13. The summed E-state index contributed by atoms with van der Waals surface area (Å²) >= 11 is 0. The summed E-state index contributed by atoms with van der Waals surface area (Å²) in [6, 6.07) is 1.33. The van der Waals surface area contributed by atoms with Crippen LogP contribution in [0.1, 0.15) is 12.0 Å². The maximum atomic E-state index is 13.3. The first kappa shape index (κ1) is 9.89. The molecule has 1 atom stereocenters. The molecule has 1 fully saturated rings. The highest BCUT2D eigenvalue weighted by atomic mass is 19.1. The van der Waals surface area contributed by atoms with E-state index in [1.54, 1.807) is 6.92 Å². The second-order valence-corrected chi connectivity index (χ2v) is 3.49. The molecule has 4 nitrogen and oxygen atoms in total. The Hall–Kier alpha value is -1.65. The van der Waals surface area contributed by atoms with Gasteiger partial charge in [-0.25, -0.2) is 9.37 Å². The van der Waals surface area contributed by atoms with Gasteiger partial charge in [-0.3, -0.25) is 4.79 Å². The number of aromatic nitrogens is 1. The number of hydrogen-bond donors (Lipinski definition) is 1. The summed E-state index contributed by atoms with van der Waals surface area (Å²) < 4.78 is 18.5. The molecule has 15 heavy (non-hydrogen) atoms. The smallest absolute Gasteiger partial charge is 0.261 e. The van der Waals surface area contributed by atoms with Crippen molar-refractivity contribution in [2.24, 2.45) is 0 Å². The summed E-state index contributed by atoms with van der Waals surface area (Å²) in [5.74, 6) is -0.853. The Bertz CT molecular complexity index is 395. The van der Waals surface area contributed by atoms with E-state index < -0.39 is 11.9 Å². The maximum absolute atomic E-state index is 13.3. The van der Waals surface area contributed by atoms with Gasteiger partial charge in [0.25, 0.3) is 11.8 Å². The molecule has 5 heteroatoms. The quantitative estimate of drug-likeness (QED) is 0.785. The van der Waals surface area contributed by atoms with E-state index in [-0.39, 0.29) is 11.8 Å². The number of nitrogens with zero attached hydrogens (tertiary/aromatic N) is 1. The van der Waals surface area contributed by atoms with E-state index in [0.717, 1.165) is 5.56 Å². The minimum absolute atomic E-state index is 0.109. The standard InChI is InChI=1S/C10H11FN2O2/c1-6-4-7(11)10(13-5-6)15-8-2-3-12-9(8)14/h4-5,8H,2-3H2,1H3,(H,12,14). The largest absolute Gasteiger partial charge is 0.462 e. The summed E-state index contributed by atoms with van der Waals surface area (Å²) in [6.07, 6.45) is 1.44. The number of carbonyl (C=O) groups excluding carboxylic acids is 1. The van der Waals surface area contributed by atoms with Gasteiger partial charge < -0.3 is 10.1 Å². The van der Waals surface area contributed by atoms with Crippen molar-refractivity contribution < 1.29 is 13.9 Å². The van der Waals surface area contributed by atoms with Crippen LogP contribution in [0.2, 0.25) is 0 Å². The Morgan fingerprint density at radius 2 is 2.47 bits per heavy atom. The summed E-state index contributed by atoms with van der Waals surface area (Å²) in [5.41, 5.74) is 0.718. The van der Waals surface area contributed by atoms with Crippen molar-refractivity contribution in [3.63, 3.8) is 0 Å². The van der Waals surface area contributed by atoms with Gasteiger partial charge in [-0.15, -0.1) is 0 Å². The summed E-state index contributed by atoms with van der Waals surface area (Å²) in [6.45, 7) is 2.30. The van der Waals surface area contributed by atoms with Crippen LogP contribution in [-0.2, 0) is 4.79 Å². The Labute approximate surface area is 86.5 Å².